The van der Waals surface area contributed by atoms with E-state index in [1.165, 1.54) is 21.8 Å². The summed E-state index contributed by atoms with van der Waals surface area (Å²) in [7, 11) is 0. The van der Waals surface area contributed by atoms with Crippen LogP contribution in [0.15, 0.2) is 77.8 Å². The lowest BCUT2D eigenvalue weighted by molar-refractivity contribution is 1.17. The fourth-order valence-electron chi connectivity index (χ4n) is 3.74. The van der Waals surface area contributed by atoms with Gasteiger partial charge in [0.15, 0.2) is 0 Å². The molecule has 3 nitrogen and oxygen atoms in total. The zero-order valence-electron chi connectivity index (χ0n) is 14.1. The molecule has 26 heavy (non-hydrogen) atoms. The molecule has 4 aromatic rings. The first-order chi connectivity index (χ1) is 12.9. The number of aliphatic imine (C=N–C) groups is 1. The Labute approximate surface area is 151 Å². The Balaban J connectivity index is 1.85. The summed E-state index contributed by atoms with van der Waals surface area (Å²) in [5, 5.41) is 12.0. The highest BCUT2D eigenvalue weighted by atomic mass is 15.0. The van der Waals surface area contributed by atoms with Gasteiger partial charge in [0, 0.05) is 28.2 Å². The Morgan fingerprint density at radius 3 is 2.19 bits per heavy atom. The third kappa shape index (κ3) is 2.09. The van der Waals surface area contributed by atoms with Crippen LogP contribution in [0.4, 0.5) is 0 Å². The molecule has 0 spiro atoms. The minimum Gasteiger partial charge on any atom is -0.309 e. The van der Waals surface area contributed by atoms with E-state index in [1.807, 2.05) is 18.3 Å². The predicted octanol–water partition coefficient (Wildman–Crippen LogP) is 5.12. The fraction of sp³-hybridized carbons (Fsp3) is 0.0435. The molecule has 2 heterocycles. The van der Waals surface area contributed by atoms with E-state index in [-0.39, 0.29) is 0 Å². The van der Waals surface area contributed by atoms with Crippen molar-refractivity contribution in [3.8, 4) is 11.8 Å². The van der Waals surface area contributed by atoms with Gasteiger partial charge >= 0.3 is 0 Å². The highest BCUT2D eigenvalue weighted by Crippen LogP contribution is 2.33. The van der Waals surface area contributed by atoms with E-state index >= 15 is 0 Å². The molecule has 3 aromatic carbocycles. The first-order valence-corrected chi connectivity index (χ1v) is 8.60. The summed E-state index contributed by atoms with van der Waals surface area (Å²) in [6.07, 6.45) is 3.91. The first kappa shape index (κ1) is 14.7. The standard InChI is InChI=1S/C23H15N3/c24-14-16-9-10-18(13-21(16)17-11-12-25-15-17)26-22-7-3-1-5-19(22)20-6-2-4-8-23(20)26/h1-11,13,15H,12H2. The molecular weight excluding hydrogens is 318 g/mol. The summed E-state index contributed by atoms with van der Waals surface area (Å²) < 4.78 is 2.27. The maximum absolute atomic E-state index is 9.52. The number of benzene rings is 3. The van der Waals surface area contributed by atoms with Gasteiger partial charge in [-0.15, -0.1) is 0 Å². The molecule has 0 unspecified atom stereocenters. The number of para-hydroxylation sites is 2. The van der Waals surface area contributed by atoms with Crippen molar-refractivity contribution in [1.82, 2.24) is 4.57 Å². The number of fused-ring (bicyclic) bond motifs is 3. The summed E-state index contributed by atoms with van der Waals surface area (Å²) in [6.45, 7) is 0.680. The summed E-state index contributed by atoms with van der Waals surface area (Å²) >= 11 is 0. The van der Waals surface area contributed by atoms with Crippen LogP contribution in [0.2, 0.25) is 0 Å². The molecule has 0 N–H and O–H groups in total. The molecule has 0 radical (unpaired) electrons. The van der Waals surface area contributed by atoms with Gasteiger partial charge in [0.1, 0.15) is 0 Å². The van der Waals surface area contributed by atoms with Crippen molar-refractivity contribution >= 4 is 33.6 Å². The number of rotatable bonds is 2. The lowest BCUT2D eigenvalue weighted by atomic mass is 10.0. The van der Waals surface area contributed by atoms with E-state index in [9.17, 15) is 5.26 Å². The van der Waals surface area contributed by atoms with Gasteiger partial charge < -0.3 is 4.57 Å². The molecule has 3 heteroatoms. The Hall–Kier alpha value is -3.64. The van der Waals surface area contributed by atoms with Crippen LogP contribution in [0, 0.1) is 11.3 Å². The highest BCUT2D eigenvalue weighted by molar-refractivity contribution is 6.13. The van der Waals surface area contributed by atoms with Gasteiger partial charge in [-0.1, -0.05) is 42.5 Å². The normalized spacial score (nSPS) is 13.3. The van der Waals surface area contributed by atoms with E-state index in [2.05, 4.69) is 76.3 Å². The average molecular weight is 333 g/mol. The summed E-state index contributed by atoms with van der Waals surface area (Å²) in [5.74, 6) is 0. The molecule has 1 aliphatic heterocycles. The van der Waals surface area contributed by atoms with Crippen LogP contribution >= 0.6 is 0 Å². The number of hydrogen-bond donors (Lipinski definition) is 0. The highest BCUT2D eigenvalue weighted by Gasteiger charge is 2.14. The van der Waals surface area contributed by atoms with Crippen molar-refractivity contribution < 1.29 is 0 Å². The Morgan fingerprint density at radius 2 is 1.58 bits per heavy atom. The second-order valence-electron chi connectivity index (χ2n) is 6.37. The third-order valence-corrected chi connectivity index (χ3v) is 4.92. The topological polar surface area (TPSA) is 41.1 Å². The molecule has 1 aliphatic rings. The maximum atomic E-state index is 9.52. The lowest BCUT2D eigenvalue weighted by Crippen LogP contribution is -1.97. The maximum Gasteiger partial charge on any atom is 0.0998 e. The minimum absolute atomic E-state index is 0.675. The van der Waals surface area contributed by atoms with Crippen LogP contribution in [0.5, 0.6) is 0 Å². The van der Waals surface area contributed by atoms with E-state index in [0.717, 1.165) is 16.8 Å². The number of aromatic nitrogens is 1. The number of nitriles is 1. The fourth-order valence-corrected chi connectivity index (χ4v) is 3.74. The Kier molecular flexibility index (Phi) is 3.23. The van der Waals surface area contributed by atoms with Crippen LogP contribution in [0.25, 0.3) is 33.1 Å². The van der Waals surface area contributed by atoms with E-state index in [4.69, 9.17) is 0 Å². The largest absolute Gasteiger partial charge is 0.309 e. The number of nitrogens with zero attached hydrogens (tertiary/aromatic N) is 3. The van der Waals surface area contributed by atoms with Crippen molar-refractivity contribution in [2.75, 3.05) is 6.54 Å². The van der Waals surface area contributed by atoms with E-state index in [0.29, 0.717) is 12.1 Å². The molecule has 1 aromatic heterocycles. The molecule has 0 saturated carbocycles. The third-order valence-electron chi connectivity index (χ3n) is 4.92. The van der Waals surface area contributed by atoms with Crippen LogP contribution < -0.4 is 0 Å². The molecule has 122 valence electrons. The second kappa shape index (κ2) is 5.72. The van der Waals surface area contributed by atoms with Gasteiger partial charge in [0.2, 0.25) is 0 Å². The van der Waals surface area contributed by atoms with Crippen LogP contribution in [0.3, 0.4) is 0 Å². The number of hydrogen-bond acceptors (Lipinski definition) is 2. The smallest absolute Gasteiger partial charge is 0.0998 e. The quantitative estimate of drug-likeness (QED) is 0.502. The molecule has 5 rings (SSSR count). The zero-order valence-corrected chi connectivity index (χ0v) is 14.1. The van der Waals surface area contributed by atoms with E-state index in [1.54, 1.807) is 0 Å². The first-order valence-electron chi connectivity index (χ1n) is 8.60. The lowest BCUT2D eigenvalue weighted by Gasteiger charge is -2.11. The molecular formula is C23H15N3. The van der Waals surface area contributed by atoms with Crippen molar-refractivity contribution in [1.29, 1.82) is 5.26 Å². The second-order valence-corrected chi connectivity index (χ2v) is 6.37. The van der Waals surface area contributed by atoms with Crippen molar-refractivity contribution in [3.05, 3.63) is 83.9 Å². The van der Waals surface area contributed by atoms with Crippen LogP contribution in [-0.4, -0.2) is 17.3 Å². The minimum atomic E-state index is 0.675. The Bertz CT molecular complexity index is 1210. The zero-order chi connectivity index (χ0) is 17.5. The van der Waals surface area contributed by atoms with Crippen molar-refractivity contribution in [3.63, 3.8) is 0 Å². The van der Waals surface area contributed by atoms with Gasteiger partial charge in [0.25, 0.3) is 0 Å². The molecule has 0 amide bonds. The molecule has 0 bridgehead atoms. The van der Waals surface area contributed by atoms with Crippen LogP contribution in [0.1, 0.15) is 11.1 Å². The van der Waals surface area contributed by atoms with Gasteiger partial charge in [-0.2, -0.15) is 5.26 Å². The number of allylic oxidation sites excluding steroid dienone is 1. The van der Waals surface area contributed by atoms with Crippen molar-refractivity contribution in [2.45, 2.75) is 0 Å². The average Bonchev–Trinajstić information content (AvgIpc) is 3.34. The van der Waals surface area contributed by atoms with Crippen LogP contribution in [-0.2, 0) is 0 Å². The van der Waals surface area contributed by atoms with Gasteiger partial charge in [-0.25, -0.2) is 0 Å². The summed E-state index contributed by atoms with van der Waals surface area (Å²) in [4.78, 5) is 4.28. The monoisotopic (exact) mass is 333 g/mol. The summed E-state index contributed by atoms with van der Waals surface area (Å²) in [6, 6.07) is 25.2. The van der Waals surface area contributed by atoms with Gasteiger partial charge in [-0.3, -0.25) is 4.99 Å². The molecule has 0 saturated heterocycles. The molecule has 0 atom stereocenters. The summed E-state index contributed by atoms with van der Waals surface area (Å²) in [5.41, 5.74) is 6.01. The predicted molar refractivity (Wildman–Crippen MR) is 107 cm³/mol. The van der Waals surface area contributed by atoms with Crippen molar-refractivity contribution in [2.24, 2.45) is 4.99 Å². The molecule has 0 fully saturated rings. The van der Waals surface area contributed by atoms with Gasteiger partial charge in [-0.05, 0) is 35.9 Å². The molecule has 0 aliphatic carbocycles. The Morgan fingerprint density at radius 1 is 0.885 bits per heavy atom. The van der Waals surface area contributed by atoms with Gasteiger partial charge in [0.05, 0.1) is 29.2 Å². The van der Waals surface area contributed by atoms with E-state index < -0.39 is 0 Å². The SMILES string of the molecule is N#Cc1ccc(-n2c3ccccc3c3ccccc32)cc1C1=CCN=C1.